The van der Waals surface area contributed by atoms with E-state index in [1.165, 1.54) is 11.3 Å². The fourth-order valence-corrected chi connectivity index (χ4v) is 5.63. The van der Waals surface area contributed by atoms with Crippen LogP contribution in [0.15, 0.2) is 24.8 Å². The summed E-state index contributed by atoms with van der Waals surface area (Å²) in [7, 11) is 3.84. The molecule has 0 unspecified atom stereocenters. The highest BCUT2D eigenvalue weighted by atomic mass is 32.1. The molecular formula is C23H30N8OS. The van der Waals surface area contributed by atoms with Crippen molar-refractivity contribution in [3.8, 4) is 27.7 Å². The molecule has 0 saturated carbocycles. The Balaban J connectivity index is 1.54. The van der Waals surface area contributed by atoms with E-state index >= 15 is 0 Å². The number of pyridine rings is 1. The third-order valence-corrected chi connectivity index (χ3v) is 7.56. The summed E-state index contributed by atoms with van der Waals surface area (Å²) in [4.78, 5) is 14.0. The zero-order valence-electron chi connectivity index (χ0n) is 19.9. The van der Waals surface area contributed by atoms with E-state index in [1.807, 2.05) is 18.5 Å². The minimum Gasteiger partial charge on any atom is -0.493 e. The Morgan fingerprint density at radius 1 is 1.18 bits per heavy atom. The molecule has 10 heteroatoms. The van der Waals surface area contributed by atoms with Gasteiger partial charge in [0.15, 0.2) is 11.4 Å². The molecule has 4 aromatic rings. The molecule has 2 atom stereocenters. The minimum absolute atomic E-state index is 0.251. The van der Waals surface area contributed by atoms with Crippen molar-refractivity contribution < 1.29 is 4.74 Å². The lowest BCUT2D eigenvalue weighted by Crippen LogP contribution is -2.54. The first-order valence-corrected chi connectivity index (χ1v) is 12.1. The average molecular weight is 467 g/mol. The number of likely N-dealkylation sites (N-methyl/N-ethyl adjacent to an activating group) is 1. The second-order valence-corrected chi connectivity index (χ2v) is 10.1. The summed E-state index contributed by atoms with van der Waals surface area (Å²) < 4.78 is 7.28. The second kappa shape index (κ2) is 8.42. The molecule has 0 amide bonds. The number of hydrogen-bond donors (Lipinski definition) is 1. The molecule has 0 aliphatic carbocycles. The van der Waals surface area contributed by atoms with Crippen molar-refractivity contribution in [1.82, 2.24) is 34.7 Å². The summed E-state index contributed by atoms with van der Waals surface area (Å²) in [6, 6.07) is 2.93. The van der Waals surface area contributed by atoms with Crippen LogP contribution in [-0.2, 0) is 0 Å². The van der Waals surface area contributed by atoms with Gasteiger partial charge >= 0.3 is 0 Å². The molecule has 0 spiro atoms. The third kappa shape index (κ3) is 3.76. The second-order valence-electron chi connectivity index (χ2n) is 9.13. The first-order chi connectivity index (χ1) is 15.9. The van der Waals surface area contributed by atoms with E-state index < -0.39 is 0 Å². The van der Waals surface area contributed by atoms with E-state index in [1.54, 1.807) is 23.0 Å². The predicted molar refractivity (Wildman–Crippen MR) is 131 cm³/mol. The lowest BCUT2D eigenvalue weighted by atomic mass is 9.97. The maximum absolute atomic E-state index is 5.56. The van der Waals surface area contributed by atoms with Gasteiger partial charge in [-0.05, 0) is 32.9 Å². The molecule has 1 saturated heterocycles. The summed E-state index contributed by atoms with van der Waals surface area (Å²) in [5.41, 5.74) is 4.60. The number of anilines is 1. The van der Waals surface area contributed by atoms with Crippen molar-refractivity contribution in [2.45, 2.75) is 45.7 Å². The van der Waals surface area contributed by atoms with Gasteiger partial charge in [0, 0.05) is 42.5 Å². The Kier molecular flexibility index (Phi) is 5.57. The van der Waals surface area contributed by atoms with Gasteiger partial charge in [-0.3, -0.25) is 10.00 Å². The quantitative estimate of drug-likeness (QED) is 0.477. The highest BCUT2D eigenvalue weighted by molar-refractivity contribution is 7.18. The van der Waals surface area contributed by atoms with Crippen molar-refractivity contribution in [2.24, 2.45) is 0 Å². The Bertz CT molecular complexity index is 1270. The Morgan fingerprint density at radius 3 is 2.76 bits per heavy atom. The number of aromatic amines is 1. The molecule has 174 valence electrons. The summed E-state index contributed by atoms with van der Waals surface area (Å²) in [5, 5.41) is 14.4. The fraction of sp³-hybridized carbons (Fsp3) is 0.478. The number of nitrogens with zero attached hydrogens (tertiary/aromatic N) is 7. The van der Waals surface area contributed by atoms with Crippen LogP contribution in [0.2, 0.25) is 0 Å². The standard InChI is InChI=1S/C23H30N8OS/c1-13(2)19-20(16-7-17(32-6)22-25-12-26-31(22)11-16)27-28-21(19)23-24-8-18(33-23)30-10-14(3)29(5)9-15(30)4/h7-8,11-15H,9-10H2,1-6H3,(H,27,28)/t14-,15+/m0/s1. The Hall–Kier alpha value is -2.98. The van der Waals surface area contributed by atoms with Crippen molar-refractivity contribution in [3.63, 3.8) is 0 Å². The lowest BCUT2D eigenvalue weighted by molar-refractivity contribution is 0.206. The number of ether oxygens (including phenoxy) is 1. The maximum Gasteiger partial charge on any atom is 0.197 e. The van der Waals surface area contributed by atoms with Gasteiger partial charge in [-0.2, -0.15) is 10.2 Å². The Morgan fingerprint density at radius 2 is 2.00 bits per heavy atom. The molecule has 1 fully saturated rings. The molecule has 33 heavy (non-hydrogen) atoms. The molecule has 1 aliphatic rings. The monoisotopic (exact) mass is 466 g/mol. The van der Waals surface area contributed by atoms with E-state index in [9.17, 15) is 0 Å². The van der Waals surface area contributed by atoms with Gasteiger partial charge in [-0.1, -0.05) is 25.2 Å². The lowest BCUT2D eigenvalue weighted by Gasteiger charge is -2.42. The number of fused-ring (bicyclic) bond motifs is 1. The molecule has 0 radical (unpaired) electrons. The molecule has 0 bridgehead atoms. The number of hydrogen-bond acceptors (Lipinski definition) is 8. The number of piperazine rings is 1. The summed E-state index contributed by atoms with van der Waals surface area (Å²) in [5.74, 6) is 0.917. The van der Waals surface area contributed by atoms with Crippen LogP contribution in [0, 0.1) is 0 Å². The van der Waals surface area contributed by atoms with Crippen LogP contribution < -0.4 is 9.64 Å². The van der Waals surface area contributed by atoms with Crippen molar-refractivity contribution >= 4 is 22.0 Å². The van der Waals surface area contributed by atoms with E-state index in [0.717, 1.165) is 40.6 Å². The molecule has 4 aromatic heterocycles. The van der Waals surface area contributed by atoms with Crippen LogP contribution in [-0.4, -0.2) is 74.0 Å². The van der Waals surface area contributed by atoms with Gasteiger partial charge < -0.3 is 9.64 Å². The number of thiazole rings is 1. The maximum atomic E-state index is 5.56. The van der Waals surface area contributed by atoms with Gasteiger partial charge in [0.2, 0.25) is 0 Å². The fourth-order valence-electron chi connectivity index (χ4n) is 4.59. The first-order valence-electron chi connectivity index (χ1n) is 11.3. The van der Waals surface area contributed by atoms with Crippen LogP contribution in [0.4, 0.5) is 5.00 Å². The molecule has 1 N–H and O–H groups in total. The largest absolute Gasteiger partial charge is 0.493 e. The van der Waals surface area contributed by atoms with E-state index in [0.29, 0.717) is 23.5 Å². The van der Waals surface area contributed by atoms with Crippen molar-refractivity contribution in [1.29, 1.82) is 0 Å². The number of rotatable bonds is 5. The van der Waals surface area contributed by atoms with Gasteiger partial charge in [-0.15, -0.1) is 0 Å². The third-order valence-electron chi connectivity index (χ3n) is 6.50. The highest BCUT2D eigenvalue weighted by Crippen LogP contribution is 2.40. The predicted octanol–water partition coefficient (Wildman–Crippen LogP) is 3.90. The number of aromatic nitrogens is 6. The zero-order chi connectivity index (χ0) is 23.3. The van der Waals surface area contributed by atoms with Gasteiger partial charge in [0.25, 0.3) is 0 Å². The number of H-pyrrole nitrogens is 1. The molecule has 0 aromatic carbocycles. The highest BCUT2D eigenvalue weighted by Gasteiger charge is 2.29. The smallest absolute Gasteiger partial charge is 0.197 e. The molecule has 9 nitrogen and oxygen atoms in total. The number of nitrogens with one attached hydrogen (secondary N) is 1. The summed E-state index contributed by atoms with van der Waals surface area (Å²) >= 11 is 1.72. The van der Waals surface area contributed by atoms with E-state index in [-0.39, 0.29) is 5.92 Å². The first kappa shape index (κ1) is 21.8. The number of methoxy groups -OCH3 is 1. The zero-order valence-corrected chi connectivity index (χ0v) is 20.7. The van der Waals surface area contributed by atoms with Crippen molar-refractivity contribution in [3.05, 3.63) is 30.4 Å². The topological polar surface area (TPSA) is 87.5 Å². The molecule has 5 heterocycles. The van der Waals surface area contributed by atoms with Crippen molar-refractivity contribution in [2.75, 3.05) is 32.1 Å². The molecule has 1 aliphatic heterocycles. The summed E-state index contributed by atoms with van der Waals surface area (Å²) in [6.45, 7) is 11.0. The van der Waals surface area contributed by atoms with Gasteiger partial charge in [-0.25, -0.2) is 14.5 Å². The van der Waals surface area contributed by atoms with Crippen LogP contribution in [0.25, 0.3) is 27.6 Å². The summed E-state index contributed by atoms with van der Waals surface area (Å²) in [6.07, 6.45) is 5.47. The van der Waals surface area contributed by atoms with Gasteiger partial charge in [0.1, 0.15) is 16.3 Å². The SMILES string of the molecule is COc1cc(-c2n[nH]c(-c3ncc(N4C[C@H](C)N(C)C[C@H]4C)s3)c2C(C)C)cn2ncnc12. The van der Waals surface area contributed by atoms with Crippen LogP contribution in [0.3, 0.4) is 0 Å². The van der Waals surface area contributed by atoms with E-state index in [2.05, 4.69) is 59.7 Å². The molecule has 5 rings (SSSR count). The van der Waals surface area contributed by atoms with Gasteiger partial charge in [0.05, 0.1) is 24.7 Å². The van der Waals surface area contributed by atoms with Crippen LogP contribution in [0.1, 0.15) is 39.2 Å². The van der Waals surface area contributed by atoms with E-state index in [4.69, 9.17) is 14.8 Å². The Labute approximate surface area is 197 Å². The molecular weight excluding hydrogens is 436 g/mol. The van der Waals surface area contributed by atoms with Crippen LogP contribution in [0.5, 0.6) is 5.75 Å². The van der Waals surface area contributed by atoms with Crippen LogP contribution >= 0.6 is 11.3 Å². The average Bonchev–Trinajstić information content (AvgIpc) is 3.53. The normalized spacial score (nSPS) is 19.7. The minimum atomic E-state index is 0.251.